The van der Waals surface area contributed by atoms with Crippen LogP contribution < -0.4 is 0 Å². The van der Waals surface area contributed by atoms with Gasteiger partial charge in [0.25, 0.3) is 5.91 Å². The molecule has 0 N–H and O–H groups in total. The van der Waals surface area contributed by atoms with Gasteiger partial charge in [-0.3, -0.25) is 14.6 Å². The number of likely N-dealkylation sites (tertiary alicyclic amines) is 2. The van der Waals surface area contributed by atoms with Gasteiger partial charge < -0.3 is 19.3 Å². The molecule has 2 amide bonds. The van der Waals surface area contributed by atoms with E-state index in [-0.39, 0.29) is 17.4 Å². The fourth-order valence-corrected chi connectivity index (χ4v) is 3.70. The number of hydrogen-bond acceptors (Lipinski definition) is 6. The molecule has 0 aromatic carbocycles. The van der Waals surface area contributed by atoms with Crippen LogP contribution in [0.5, 0.6) is 0 Å². The summed E-state index contributed by atoms with van der Waals surface area (Å²) in [5, 5.41) is 0. The van der Waals surface area contributed by atoms with E-state index in [9.17, 15) is 14.4 Å². The maximum absolute atomic E-state index is 12.8. The number of hydrogen-bond donors (Lipinski definition) is 0. The molecular formula is C18H23N3O5. The maximum atomic E-state index is 12.8. The summed E-state index contributed by atoms with van der Waals surface area (Å²) in [4.78, 5) is 44.7. The van der Waals surface area contributed by atoms with Gasteiger partial charge in [-0.1, -0.05) is 0 Å². The molecule has 2 saturated heterocycles. The molecule has 3 heterocycles. The Morgan fingerprint density at radius 1 is 1.19 bits per heavy atom. The van der Waals surface area contributed by atoms with Crippen molar-refractivity contribution >= 4 is 17.8 Å². The average Bonchev–Trinajstić information content (AvgIpc) is 3.24. The van der Waals surface area contributed by atoms with Crippen molar-refractivity contribution in [2.75, 3.05) is 47.0 Å². The zero-order valence-corrected chi connectivity index (χ0v) is 15.1. The highest BCUT2D eigenvalue weighted by Crippen LogP contribution is 2.41. The Kier molecular flexibility index (Phi) is 5.22. The smallest absolute Gasteiger partial charge is 0.339 e. The molecule has 8 heteroatoms. The summed E-state index contributed by atoms with van der Waals surface area (Å²) >= 11 is 0. The van der Waals surface area contributed by atoms with E-state index < -0.39 is 11.4 Å². The van der Waals surface area contributed by atoms with E-state index in [4.69, 9.17) is 4.74 Å². The lowest BCUT2D eigenvalue weighted by Crippen LogP contribution is -2.39. The van der Waals surface area contributed by atoms with Crippen molar-refractivity contribution in [3.05, 3.63) is 29.6 Å². The molecule has 2 fully saturated rings. The Hall–Kier alpha value is -2.48. The number of aromatic nitrogens is 1. The van der Waals surface area contributed by atoms with Gasteiger partial charge in [0.2, 0.25) is 5.91 Å². The largest absolute Gasteiger partial charge is 0.465 e. The standard InChI is InChI=1S/C18H23N3O5/c1-25-8-7-20-5-3-18(17(20)24)4-6-21(12-18)15(22)13-9-14(11-19-10-13)16(23)26-2/h9-11H,3-8,12H2,1-2H3. The van der Waals surface area contributed by atoms with E-state index in [1.54, 1.807) is 12.0 Å². The lowest BCUT2D eigenvalue weighted by atomic mass is 9.85. The molecule has 0 radical (unpaired) electrons. The lowest BCUT2D eigenvalue weighted by Gasteiger charge is -2.23. The van der Waals surface area contributed by atoms with Crippen molar-refractivity contribution in [1.29, 1.82) is 0 Å². The Morgan fingerprint density at radius 3 is 2.65 bits per heavy atom. The molecule has 1 spiro atoms. The third kappa shape index (κ3) is 3.29. The maximum Gasteiger partial charge on any atom is 0.339 e. The highest BCUT2D eigenvalue weighted by atomic mass is 16.5. The highest BCUT2D eigenvalue weighted by Gasteiger charge is 2.51. The molecule has 1 aromatic heterocycles. The van der Waals surface area contributed by atoms with Gasteiger partial charge in [0, 0.05) is 45.7 Å². The Labute approximate surface area is 152 Å². The molecule has 0 bridgehead atoms. The average molecular weight is 361 g/mol. The van der Waals surface area contributed by atoms with Crippen molar-refractivity contribution in [3.8, 4) is 0 Å². The number of carbonyl (C=O) groups excluding carboxylic acids is 3. The zero-order chi connectivity index (χ0) is 18.7. The molecule has 2 aliphatic heterocycles. The lowest BCUT2D eigenvalue weighted by molar-refractivity contribution is -0.135. The van der Waals surface area contributed by atoms with Crippen molar-refractivity contribution < 1.29 is 23.9 Å². The van der Waals surface area contributed by atoms with Gasteiger partial charge in [0.15, 0.2) is 0 Å². The van der Waals surface area contributed by atoms with Crippen LogP contribution in [0.1, 0.15) is 33.6 Å². The van der Waals surface area contributed by atoms with Crippen LogP contribution in [0.3, 0.4) is 0 Å². The molecule has 140 valence electrons. The molecule has 1 atom stereocenters. The second kappa shape index (κ2) is 7.41. The van der Waals surface area contributed by atoms with Crippen molar-refractivity contribution in [1.82, 2.24) is 14.8 Å². The van der Waals surface area contributed by atoms with E-state index >= 15 is 0 Å². The van der Waals surface area contributed by atoms with Gasteiger partial charge >= 0.3 is 5.97 Å². The Balaban J connectivity index is 1.70. The summed E-state index contributed by atoms with van der Waals surface area (Å²) in [5.41, 5.74) is 0.0677. The number of ether oxygens (including phenoxy) is 2. The monoisotopic (exact) mass is 361 g/mol. The summed E-state index contributed by atoms with van der Waals surface area (Å²) in [6, 6.07) is 1.48. The van der Waals surface area contributed by atoms with E-state index in [1.807, 2.05) is 4.90 Å². The highest BCUT2D eigenvalue weighted by molar-refractivity contribution is 5.98. The van der Waals surface area contributed by atoms with Gasteiger partial charge in [-0.15, -0.1) is 0 Å². The quantitative estimate of drug-likeness (QED) is 0.713. The van der Waals surface area contributed by atoms with Gasteiger partial charge in [-0.05, 0) is 18.9 Å². The summed E-state index contributed by atoms with van der Waals surface area (Å²) in [6.45, 7) is 2.71. The SMILES string of the molecule is COCCN1CCC2(CCN(C(=O)c3cncc(C(=O)OC)c3)C2)C1=O. The number of nitrogens with zero attached hydrogens (tertiary/aromatic N) is 3. The van der Waals surface area contributed by atoms with Crippen LogP contribution in [0.25, 0.3) is 0 Å². The molecule has 26 heavy (non-hydrogen) atoms. The second-order valence-electron chi connectivity index (χ2n) is 6.75. The molecular weight excluding hydrogens is 338 g/mol. The first-order valence-electron chi connectivity index (χ1n) is 8.62. The zero-order valence-electron chi connectivity index (χ0n) is 15.1. The second-order valence-corrected chi connectivity index (χ2v) is 6.75. The fourth-order valence-electron chi connectivity index (χ4n) is 3.70. The molecule has 8 nitrogen and oxygen atoms in total. The van der Waals surface area contributed by atoms with Gasteiger partial charge in [-0.2, -0.15) is 0 Å². The summed E-state index contributed by atoms with van der Waals surface area (Å²) in [6.07, 6.45) is 4.20. The molecule has 0 saturated carbocycles. The normalized spacial score (nSPS) is 22.3. The number of pyridine rings is 1. The number of amides is 2. The van der Waals surface area contributed by atoms with Crippen molar-refractivity contribution in [3.63, 3.8) is 0 Å². The van der Waals surface area contributed by atoms with Crippen LogP contribution >= 0.6 is 0 Å². The van der Waals surface area contributed by atoms with Gasteiger partial charge in [-0.25, -0.2) is 4.79 Å². The van der Waals surface area contributed by atoms with Gasteiger partial charge in [0.05, 0.1) is 30.3 Å². The first-order chi connectivity index (χ1) is 12.5. The minimum atomic E-state index is -0.537. The Bertz CT molecular complexity index is 723. The third-order valence-corrected chi connectivity index (χ3v) is 5.21. The van der Waals surface area contributed by atoms with Crippen molar-refractivity contribution in [2.24, 2.45) is 5.41 Å². The topological polar surface area (TPSA) is 89.0 Å². The fraction of sp³-hybridized carbons (Fsp3) is 0.556. The van der Waals surface area contributed by atoms with E-state index in [0.717, 1.165) is 6.42 Å². The number of methoxy groups -OCH3 is 2. The van der Waals surface area contributed by atoms with Crippen LogP contribution in [-0.4, -0.2) is 79.6 Å². The van der Waals surface area contributed by atoms with Crippen LogP contribution in [0, 0.1) is 5.41 Å². The van der Waals surface area contributed by atoms with E-state index in [1.165, 1.54) is 25.6 Å². The van der Waals surface area contributed by atoms with Crippen LogP contribution in [0.2, 0.25) is 0 Å². The molecule has 2 aliphatic rings. The molecule has 1 unspecified atom stereocenters. The number of esters is 1. The minimum absolute atomic E-state index is 0.103. The molecule has 0 aliphatic carbocycles. The van der Waals surface area contributed by atoms with Crippen LogP contribution in [0.4, 0.5) is 0 Å². The molecule has 1 aromatic rings. The molecule has 3 rings (SSSR count). The van der Waals surface area contributed by atoms with E-state index in [2.05, 4.69) is 9.72 Å². The Morgan fingerprint density at radius 2 is 1.92 bits per heavy atom. The first kappa shape index (κ1) is 18.3. The predicted octanol–water partition coefficient (Wildman–Crippen LogP) is 0.579. The van der Waals surface area contributed by atoms with Crippen LogP contribution in [-0.2, 0) is 14.3 Å². The summed E-state index contributed by atoms with van der Waals surface area (Å²) in [5.74, 6) is -0.653. The number of rotatable bonds is 5. The summed E-state index contributed by atoms with van der Waals surface area (Å²) in [7, 11) is 2.89. The van der Waals surface area contributed by atoms with Crippen molar-refractivity contribution in [2.45, 2.75) is 12.8 Å². The van der Waals surface area contributed by atoms with Crippen LogP contribution in [0.15, 0.2) is 18.5 Å². The first-order valence-corrected chi connectivity index (χ1v) is 8.62. The minimum Gasteiger partial charge on any atom is -0.465 e. The predicted molar refractivity (Wildman–Crippen MR) is 91.6 cm³/mol. The summed E-state index contributed by atoms with van der Waals surface area (Å²) < 4.78 is 9.72. The van der Waals surface area contributed by atoms with E-state index in [0.29, 0.717) is 44.8 Å². The number of carbonyl (C=O) groups is 3. The third-order valence-electron chi connectivity index (χ3n) is 5.21. The van der Waals surface area contributed by atoms with Gasteiger partial charge in [0.1, 0.15) is 0 Å².